The van der Waals surface area contributed by atoms with Crippen LogP contribution < -0.4 is 0 Å². The predicted molar refractivity (Wildman–Crippen MR) is 58.8 cm³/mol. The Labute approximate surface area is 96.9 Å². The number of aryl methyl sites for hydroxylation is 1. The van der Waals surface area contributed by atoms with Crippen LogP contribution in [-0.2, 0) is 0 Å². The highest BCUT2D eigenvalue weighted by molar-refractivity contribution is 6.08. The Morgan fingerprint density at radius 1 is 1.18 bits per heavy atom. The summed E-state index contributed by atoms with van der Waals surface area (Å²) in [7, 11) is 0. The Morgan fingerprint density at radius 3 is 2.59 bits per heavy atom. The van der Waals surface area contributed by atoms with Gasteiger partial charge in [0, 0.05) is 11.8 Å². The number of carbonyl (C=O) groups is 1. The van der Waals surface area contributed by atoms with Gasteiger partial charge in [-0.05, 0) is 30.7 Å². The molecule has 0 aliphatic rings. The first-order chi connectivity index (χ1) is 8.08. The zero-order valence-corrected chi connectivity index (χ0v) is 9.08. The lowest BCUT2D eigenvalue weighted by Crippen LogP contribution is -2.05. The van der Waals surface area contributed by atoms with Gasteiger partial charge in [-0.2, -0.15) is 0 Å². The van der Waals surface area contributed by atoms with Gasteiger partial charge in [-0.15, -0.1) is 0 Å². The number of hydrogen-bond acceptors (Lipinski definition) is 2. The van der Waals surface area contributed by atoms with E-state index in [9.17, 15) is 13.6 Å². The van der Waals surface area contributed by atoms with E-state index < -0.39 is 17.4 Å². The molecule has 0 unspecified atom stereocenters. The minimum Gasteiger partial charge on any atom is -0.288 e. The lowest BCUT2D eigenvalue weighted by Gasteiger charge is -2.03. The number of pyridine rings is 1. The van der Waals surface area contributed by atoms with Crippen molar-refractivity contribution in [3.8, 4) is 0 Å². The van der Waals surface area contributed by atoms with E-state index in [1.807, 2.05) is 0 Å². The van der Waals surface area contributed by atoms with Crippen LogP contribution in [0.2, 0.25) is 0 Å². The fourth-order valence-electron chi connectivity index (χ4n) is 1.50. The molecule has 1 heterocycles. The lowest BCUT2D eigenvalue weighted by molar-refractivity contribution is 0.103. The van der Waals surface area contributed by atoms with Crippen LogP contribution in [0.4, 0.5) is 8.78 Å². The van der Waals surface area contributed by atoms with E-state index >= 15 is 0 Å². The van der Waals surface area contributed by atoms with Gasteiger partial charge in [0.25, 0.3) is 0 Å². The molecule has 4 heteroatoms. The molecule has 0 aliphatic carbocycles. The molecule has 86 valence electrons. The first-order valence-corrected chi connectivity index (χ1v) is 4.99. The number of halogens is 2. The molecule has 0 bridgehead atoms. The van der Waals surface area contributed by atoms with Crippen LogP contribution in [-0.4, -0.2) is 10.8 Å². The fourth-order valence-corrected chi connectivity index (χ4v) is 1.50. The van der Waals surface area contributed by atoms with Gasteiger partial charge in [-0.25, -0.2) is 8.78 Å². The summed E-state index contributed by atoms with van der Waals surface area (Å²) in [4.78, 5) is 15.4. The highest BCUT2D eigenvalue weighted by Gasteiger charge is 2.14. The quantitative estimate of drug-likeness (QED) is 0.746. The van der Waals surface area contributed by atoms with Crippen molar-refractivity contribution < 1.29 is 13.6 Å². The van der Waals surface area contributed by atoms with E-state index in [-0.39, 0.29) is 11.1 Å². The summed E-state index contributed by atoms with van der Waals surface area (Å²) in [6.07, 6.45) is 2.20. The van der Waals surface area contributed by atoms with Crippen LogP contribution in [0, 0.1) is 18.6 Å². The van der Waals surface area contributed by atoms with Gasteiger partial charge < -0.3 is 0 Å². The van der Waals surface area contributed by atoms with Crippen LogP contribution >= 0.6 is 0 Å². The van der Waals surface area contributed by atoms with E-state index in [1.54, 1.807) is 13.0 Å². The molecule has 0 saturated heterocycles. The smallest absolute Gasteiger partial charge is 0.197 e. The molecule has 0 spiro atoms. The second-order valence-electron chi connectivity index (χ2n) is 3.70. The summed E-state index contributed by atoms with van der Waals surface area (Å²) in [5.41, 5.74) is 0.673. The van der Waals surface area contributed by atoms with Crippen LogP contribution in [0.15, 0.2) is 36.7 Å². The molecule has 0 N–H and O–H groups in total. The van der Waals surface area contributed by atoms with Gasteiger partial charge in [0.15, 0.2) is 5.78 Å². The summed E-state index contributed by atoms with van der Waals surface area (Å²) >= 11 is 0. The third-order valence-electron chi connectivity index (χ3n) is 2.34. The molecule has 1 aromatic carbocycles. The molecule has 2 nitrogen and oxygen atoms in total. The summed E-state index contributed by atoms with van der Waals surface area (Å²) < 4.78 is 26.5. The molecule has 0 aliphatic heterocycles. The second kappa shape index (κ2) is 4.41. The van der Waals surface area contributed by atoms with Crippen LogP contribution in [0.5, 0.6) is 0 Å². The van der Waals surface area contributed by atoms with E-state index in [1.165, 1.54) is 18.3 Å². The Bertz CT molecular complexity index is 581. The molecule has 17 heavy (non-hydrogen) atoms. The molecule has 2 rings (SSSR count). The van der Waals surface area contributed by atoms with Crippen molar-refractivity contribution in [3.63, 3.8) is 0 Å². The van der Waals surface area contributed by atoms with Gasteiger partial charge >= 0.3 is 0 Å². The number of rotatable bonds is 2. The van der Waals surface area contributed by atoms with Gasteiger partial charge in [0.2, 0.25) is 0 Å². The fraction of sp³-hybridized carbons (Fsp3) is 0.0769. The number of aromatic nitrogens is 1. The number of carbonyl (C=O) groups excluding carboxylic acids is 1. The van der Waals surface area contributed by atoms with E-state index in [0.29, 0.717) is 0 Å². The maximum Gasteiger partial charge on any atom is 0.197 e. The number of nitrogens with zero attached hydrogens (tertiary/aromatic N) is 1. The Morgan fingerprint density at radius 2 is 1.94 bits per heavy atom. The summed E-state index contributed by atoms with van der Waals surface area (Å²) in [5.74, 6) is -1.81. The molecule has 0 saturated carbocycles. The van der Waals surface area contributed by atoms with Crippen molar-refractivity contribution in [2.75, 3.05) is 0 Å². The molecule has 0 atom stereocenters. The average molecular weight is 233 g/mol. The zero-order valence-electron chi connectivity index (χ0n) is 9.08. The Hall–Kier alpha value is -2.10. The second-order valence-corrected chi connectivity index (χ2v) is 3.70. The monoisotopic (exact) mass is 233 g/mol. The third kappa shape index (κ3) is 2.36. The largest absolute Gasteiger partial charge is 0.288 e. The first kappa shape index (κ1) is 11.4. The van der Waals surface area contributed by atoms with Crippen molar-refractivity contribution in [2.45, 2.75) is 6.92 Å². The van der Waals surface area contributed by atoms with Gasteiger partial charge in [-0.1, -0.05) is 6.07 Å². The molecule has 1 aromatic heterocycles. The minimum absolute atomic E-state index is 0.0350. The van der Waals surface area contributed by atoms with Gasteiger partial charge in [-0.3, -0.25) is 9.78 Å². The van der Waals surface area contributed by atoms with Crippen molar-refractivity contribution in [1.29, 1.82) is 0 Å². The van der Waals surface area contributed by atoms with Crippen molar-refractivity contribution in [3.05, 3.63) is 65.0 Å². The highest BCUT2D eigenvalue weighted by atomic mass is 19.1. The third-order valence-corrected chi connectivity index (χ3v) is 2.34. The molecule has 0 radical (unpaired) electrons. The van der Waals surface area contributed by atoms with Crippen LogP contribution in [0.1, 0.15) is 21.5 Å². The van der Waals surface area contributed by atoms with Gasteiger partial charge in [0.05, 0.1) is 11.8 Å². The Kier molecular flexibility index (Phi) is 2.95. The van der Waals surface area contributed by atoms with Gasteiger partial charge in [0.1, 0.15) is 11.6 Å². The number of benzene rings is 1. The predicted octanol–water partition coefficient (Wildman–Crippen LogP) is 2.90. The minimum atomic E-state index is -0.622. The topological polar surface area (TPSA) is 30.0 Å². The highest BCUT2D eigenvalue weighted by Crippen LogP contribution is 2.15. The van der Waals surface area contributed by atoms with Crippen LogP contribution in [0.3, 0.4) is 0 Å². The van der Waals surface area contributed by atoms with E-state index in [4.69, 9.17) is 0 Å². The van der Waals surface area contributed by atoms with Crippen molar-refractivity contribution in [1.82, 2.24) is 4.98 Å². The summed E-state index contributed by atoms with van der Waals surface area (Å²) in [5, 5.41) is 0. The molecule has 0 fully saturated rings. The van der Waals surface area contributed by atoms with Crippen molar-refractivity contribution in [2.24, 2.45) is 0 Å². The lowest BCUT2D eigenvalue weighted by atomic mass is 10.0. The molecular formula is C13H9F2NO. The maximum atomic E-state index is 13.6. The maximum absolute atomic E-state index is 13.6. The number of hydrogen-bond donors (Lipinski definition) is 0. The average Bonchev–Trinajstić information content (AvgIpc) is 2.28. The zero-order chi connectivity index (χ0) is 12.4. The standard InChI is InChI=1S/C13H9F2NO/c1-8-2-3-11(12(15)4-8)13(17)9-5-10(14)7-16-6-9/h2-7H,1H3. The van der Waals surface area contributed by atoms with Crippen molar-refractivity contribution >= 4 is 5.78 Å². The molecule has 0 amide bonds. The normalized spacial score (nSPS) is 10.3. The SMILES string of the molecule is Cc1ccc(C(=O)c2cncc(F)c2)c(F)c1. The van der Waals surface area contributed by atoms with E-state index in [0.717, 1.165) is 17.8 Å². The number of ketones is 1. The first-order valence-electron chi connectivity index (χ1n) is 4.99. The summed E-state index contributed by atoms with van der Waals surface area (Å²) in [6.45, 7) is 1.72. The molecular weight excluding hydrogens is 224 g/mol. The summed E-state index contributed by atoms with van der Waals surface area (Å²) in [6, 6.07) is 5.32. The molecule has 2 aromatic rings. The Balaban J connectivity index is 2.44. The van der Waals surface area contributed by atoms with E-state index in [2.05, 4.69) is 4.98 Å². The van der Waals surface area contributed by atoms with Crippen LogP contribution in [0.25, 0.3) is 0 Å².